The van der Waals surface area contributed by atoms with E-state index in [2.05, 4.69) is 45.3 Å². The van der Waals surface area contributed by atoms with Crippen LogP contribution >= 0.6 is 23.1 Å². The maximum atomic E-state index is 11.7. The Labute approximate surface area is 205 Å². The summed E-state index contributed by atoms with van der Waals surface area (Å²) in [4.78, 5) is 12.3. The molecule has 3 rings (SSSR count). The molecule has 2 N–H and O–H groups in total. The van der Waals surface area contributed by atoms with E-state index < -0.39 is 19.2 Å². The summed E-state index contributed by atoms with van der Waals surface area (Å²) in [5.41, 5.74) is 0.557. The second-order valence-corrected chi connectivity index (χ2v) is 17.2. The van der Waals surface area contributed by atoms with Gasteiger partial charge in [0.1, 0.15) is 21.6 Å². The number of carbonyl (C=O) groups is 1. The van der Waals surface area contributed by atoms with Gasteiger partial charge in [-0.2, -0.15) is 5.26 Å². The Morgan fingerprint density at radius 3 is 2.55 bits per heavy atom. The van der Waals surface area contributed by atoms with Crippen molar-refractivity contribution in [1.82, 2.24) is 5.32 Å². The van der Waals surface area contributed by atoms with E-state index in [4.69, 9.17) is 9.16 Å². The van der Waals surface area contributed by atoms with Crippen LogP contribution in [0.5, 0.6) is 5.75 Å². The van der Waals surface area contributed by atoms with Crippen LogP contribution in [0.3, 0.4) is 0 Å². The molecule has 0 spiro atoms. The number of ether oxygens (including phenoxy) is 1. The predicted molar refractivity (Wildman–Crippen MR) is 138 cm³/mol. The molecule has 6 nitrogen and oxygen atoms in total. The summed E-state index contributed by atoms with van der Waals surface area (Å²) >= 11 is 2.82. The molecule has 0 amide bonds. The molecule has 1 aliphatic heterocycles. The van der Waals surface area contributed by atoms with E-state index >= 15 is 0 Å². The molecule has 1 aromatic carbocycles. The van der Waals surface area contributed by atoms with E-state index in [0.29, 0.717) is 24.3 Å². The molecule has 2 heterocycles. The van der Waals surface area contributed by atoms with Crippen molar-refractivity contribution in [3.05, 3.63) is 39.7 Å². The van der Waals surface area contributed by atoms with Crippen molar-refractivity contribution in [2.45, 2.75) is 70.1 Å². The zero-order chi connectivity index (χ0) is 24.6. The van der Waals surface area contributed by atoms with E-state index in [1.807, 2.05) is 26.0 Å². The van der Waals surface area contributed by atoms with Gasteiger partial charge in [0.05, 0.1) is 16.4 Å². The molecule has 1 atom stereocenters. The highest BCUT2D eigenvalue weighted by Crippen LogP contribution is 2.50. The molecule has 1 unspecified atom stereocenters. The van der Waals surface area contributed by atoms with Crippen molar-refractivity contribution < 1.29 is 19.1 Å². The summed E-state index contributed by atoms with van der Waals surface area (Å²) in [6.07, 6.45) is 2.17. The maximum absolute atomic E-state index is 11.7. The number of aliphatic carboxylic acids is 1. The van der Waals surface area contributed by atoms with Crippen molar-refractivity contribution in [3.8, 4) is 11.8 Å². The summed E-state index contributed by atoms with van der Waals surface area (Å²) in [6.45, 7) is 15.4. The minimum Gasteiger partial charge on any atom is -0.491 e. The monoisotopic (exact) mass is 504 g/mol. The molecular formula is C24H32N2O4S2Si. The summed E-state index contributed by atoms with van der Waals surface area (Å²) in [6, 6.07) is 8.04. The van der Waals surface area contributed by atoms with Gasteiger partial charge in [-0.05, 0) is 55.6 Å². The molecule has 0 bridgehead atoms. The van der Waals surface area contributed by atoms with Gasteiger partial charge in [-0.1, -0.05) is 32.5 Å². The minimum absolute atomic E-state index is 0.000284. The first-order valence-corrected chi connectivity index (χ1v) is 15.5. The Balaban J connectivity index is 1.98. The van der Waals surface area contributed by atoms with Gasteiger partial charge in [0.25, 0.3) is 0 Å². The second-order valence-electron chi connectivity index (χ2n) is 10.0. The number of thioether (sulfide) groups is 1. The quantitative estimate of drug-likeness (QED) is 0.403. The number of benzene rings is 1. The molecule has 0 aliphatic carbocycles. The SMILES string of the molecule is CC(C)Oc1cc(C#N)c2sc(C3(CCO[Si](C)(C)C(C)(C)C)NC=C(C(=O)O)S3)cc2c1. The van der Waals surface area contributed by atoms with Crippen LogP contribution in [0.4, 0.5) is 0 Å². The molecule has 0 saturated carbocycles. The third-order valence-electron chi connectivity index (χ3n) is 6.13. The molecule has 1 aliphatic rings. The lowest BCUT2D eigenvalue weighted by atomic mass is 10.1. The largest absolute Gasteiger partial charge is 0.491 e. The Morgan fingerprint density at radius 2 is 2.00 bits per heavy atom. The van der Waals surface area contributed by atoms with Gasteiger partial charge in [0.15, 0.2) is 8.32 Å². The van der Waals surface area contributed by atoms with Crippen LogP contribution in [0.2, 0.25) is 18.1 Å². The summed E-state index contributed by atoms with van der Waals surface area (Å²) in [7, 11) is -1.95. The van der Waals surface area contributed by atoms with Gasteiger partial charge < -0.3 is 19.6 Å². The number of nitriles is 1. The van der Waals surface area contributed by atoms with Crippen LogP contribution < -0.4 is 10.1 Å². The normalized spacial score (nSPS) is 18.8. The predicted octanol–water partition coefficient (Wildman–Crippen LogP) is 6.39. The van der Waals surface area contributed by atoms with E-state index in [1.54, 1.807) is 12.3 Å². The first-order chi connectivity index (χ1) is 15.3. The van der Waals surface area contributed by atoms with Gasteiger partial charge in [-0.3, -0.25) is 0 Å². The van der Waals surface area contributed by atoms with E-state index in [1.165, 1.54) is 23.1 Å². The van der Waals surface area contributed by atoms with Crippen molar-refractivity contribution in [3.63, 3.8) is 0 Å². The maximum Gasteiger partial charge on any atom is 0.343 e. The zero-order valence-electron chi connectivity index (χ0n) is 20.2. The number of hydrogen-bond acceptors (Lipinski definition) is 7. The topological polar surface area (TPSA) is 91.6 Å². The van der Waals surface area contributed by atoms with E-state index in [0.717, 1.165) is 15.0 Å². The van der Waals surface area contributed by atoms with Gasteiger partial charge in [0.2, 0.25) is 0 Å². The van der Waals surface area contributed by atoms with Crippen molar-refractivity contribution in [1.29, 1.82) is 5.26 Å². The fourth-order valence-electron chi connectivity index (χ4n) is 3.32. The Bertz CT molecular complexity index is 1130. The minimum atomic E-state index is -1.95. The number of rotatable bonds is 8. The highest BCUT2D eigenvalue weighted by Gasteiger charge is 2.43. The van der Waals surface area contributed by atoms with Gasteiger partial charge >= 0.3 is 5.97 Å². The molecule has 2 aromatic rings. The molecule has 33 heavy (non-hydrogen) atoms. The van der Waals surface area contributed by atoms with Crippen LogP contribution in [-0.2, 0) is 14.1 Å². The zero-order valence-corrected chi connectivity index (χ0v) is 22.9. The molecule has 178 valence electrons. The second kappa shape index (κ2) is 9.33. The molecule has 0 saturated heterocycles. The lowest BCUT2D eigenvalue weighted by Crippen LogP contribution is -2.42. The third kappa shape index (κ3) is 5.40. The van der Waals surface area contributed by atoms with Gasteiger partial charge in [-0.25, -0.2) is 4.79 Å². The molecule has 0 fully saturated rings. The van der Waals surface area contributed by atoms with Crippen molar-refractivity contribution >= 4 is 47.5 Å². The molecule has 1 aromatic heterocycles. The number of nitrogens with zero attached hydrogens (tertiary/aromatic N) is 1. The van der Waals surface area contributed by atoms with Crippen LogP contribution in [0.1, 0.15) is 51.5 Å². The van der Waals surface area contributed by atoms with Crippen molar-refractivity contribution in [2.24, 2.45) is 0 Å². The van der Waals surface area contributed by atoms with E-state index in [-0.39, 0.29) is 16.0 Å². The standard InChI is InChI=1S/C24H32N2O4S2Si/c1-15(2)30-18-10-16-12-20(31-21(16)17(11-18)13-25)24(26-14-19(32-24)22(27)28)8-9-29-33(6,7)23(3,4)5/h10-12,14-15,26H,8-9H2,1-7H3,(H,27,28). The van der Waals surface area contributed by atoms with E-state index in [9.17, 15) is 15.2 Å². The highest BCUT2D eigenvalue weighted by molar-refractivity contribution is 8.05. The molecular weight excluding hydrogens is 472 g/mol. The lowest BCUT2D eigenvalue weighted by molar-refractivity contribution is -0.131. The highest BCUT2D eigenvalue weighted by atomic mass is 32.2. The fourth-order valence-corrected chi connectivity index (χ4v) is 6.84. The van der Waals surface area contributed by atoms with Crippen LogP contribution in [0.15, 0.2) is 29.3 Å². The number of carboxylic acid groups (broad SMARTS) is 1. The third-order valence-corrected chi connectivity index (χ3v) is 13.6. The number of carboxylic acids is 1. The van der Waals surface area contributed by atoms with Gasteiger partial charge in [0, 0.05) is 24.1 Å². The average molecular weight is 505 g/mol. The van der Waals surface area contributed by atoms with Crippen molar-refractivity contribution in [2.75, 3.05) is 6.61 Å². The van der Waals surface area contributed by atoms with Gasteiger partial charge in [-0.15, -0.1) is 11.3 Å². The summed E-state index contributed by atoms with van der Waals surface area (Å²) in [5.74, 6) is -0.295. The average Bonchev–Trinajstić information content (AvgIpc) is 3.31. The molecule has 0 radical (unpaired) electrons. The number of thiophene rings is 1. The first-order valence-electron chi connectivity index (χ1n) is 11.0. The molecule has 9 heteroatoms. The Morgan fingerprint density at radius 1 is 1.30 bits per heavy atom. The Hall–Kier alpha value is -1.99. The summed E-state index contributed by atoms with van der Waals surface area (Å²) in [5, 5.41) is 23.7. The van der Waals surface area contributed by atoms with Crippen LogP contribution in [0.25, 0.3) is 10.1 Å². The first kappa shape index (κ1) is 25.6. The number of nitrogens with one attached hydrogen (secondary N) is 1. The van der Waals surface area contributed by atoms with Crippen LogP contribution in [0, 0.1) is 11.3 Å². The lowest BCUT2D eigenvalue weighted by Gasteiger charge is -2.37. The Kier molecular flexibility index (Phi) is 7.25. The number of fused-ring (bicyclic) bond motifs is 1. The number of hydrogen-bond donors (Lipinski definition) is 2. The summed E-state index contributed by atoms with van der Waals surface area (Å²) < 4.78 is 13.1. The smallest absolute Gasteiger partial charge is 0.343 e. The fraction of sp³-hybridized carbons (Fsp3) is 0.500. The van der Waals surface area contributed by atoms with Crippen LogP contribution in [-0.4, -0.2) is 32.1 Å².